The van der Waals surface area contributed by atoms with Gasteiger partial charge in [-0.15, -0.1) is 22.7 Å². The maximum absolute atomic E-state index is 12.8. The lowest BCUT2D eigenvalue weighted by molar-refractivity contribution is -0.142. The number of carboxylic acids is 1. The van der Waals surface area contributed by atoms with E-state index in [0.29, 0.717) is 45.1 Å². The normalized spacial score (nSPS) is 18.1. The summed E-state index contributed by atoms with van der Waals surface area (Å²) in [5.74, 6) is 2.50. The van der Waals surface area contributed by atoms with Gasteiger partial charge in [0.25, 0.3) is 0 Å². The molecule has 0 saturated carbocycles. The topological polar surface area (TPSA) is 176 Å². The summed E-state index contributed by atoms with van der Waals surface area (Å²) >= 11 is 3.28. The molecule has 0 spiro atoms. The number of thiophene rings is 2. The number of nitrogens with one attached hydrogen (secondary N) is 2. The molecule has 2 unspecified atom stereocenters. The van der Waals surface area contributed by atoms with Gasteiger partial charge >= 0.3 is 5.97 Å². The molecule has 16 heteroatoms. The Morgan fingerprint density at radius 1 is 0.738 bits per heavy atom. The summed E-state index contributed by atoms with van der Waals surface area (Å²) in [6.07, 6.45) is 12.6. The lowest BCUT2D eigenvalue weighted by Gasteiger charge is -2.35. The van der Waals surface area contributed by atoms with Crippen LogP contribution in [0.5, 0.6) is 11.5 Å². The molecule has 3 aliphatic heterocycles. The number of nitrogens with zero attached hydrogens (tertiary/aromatic N) is 7. The van der Waals surface area contributed by atoms with Gasteiger partial charge in [-0.25, -0.2) is 19.9 Å². The van der Waals surface area contributed by atoms with E-state index in [1.807, 2.05) is 43.3 Å². The van der Waals surface area contributed by atoms with Crippen molar-refractivity contribution in [3.8, 4) is 11.5 Å². The minimum absolute atomic E-state index is 0.0979. The van der Waals surface area contributed by atoms with Gasteiger partial charge < -0.3 is 30.1 Å². The first-order chi connectivity index (χ1) is 29.8. The molecular formula is C45H45N9O5S2. The summed E-state index contributed by atoms with van der Waals surface area (Å²) in [5.41, 5.74) is 8.72. The fourth-order valence-electron chi connectivity index (χ4n) is 8.90. The second kappa shape index (κ2) is 16.5. The maximum atomic E-state index is 12.8. The highest BCUT2D eigenvalue weighted by molar-refractivity contribution is 7.19. The van der Waals surface area contributed by atoms with Crippen LogP contribution >= 0.6 is 22.7 Å². The number of likely N-dealkylation sites (tertiary alicyclic amines) is 1. The van der Waals surface area contributed by atoms with E-state index in [-0.39, 0.29) is 11.8 Å². The van der Waals surface area contributed by atoms with Gasteiger partial charge in [0.1, 0.15) is 45.5 Å². The van der Waals surface area contributed by atoms with Gasteiger partial charge in [0.15, 0.2) is 0 Å². The number of aryl methyl sites for hydroxylation is 2. The summed E-state index contributed by atoms with van der Waals surface area (Å²) in [7, 11) is 0. The fraction of sp³-hybridized carbons (Fsp3) is 0.378. The van der Waals surface area contributed by atoms with Gasteiger partial charge in [-0.1, -0.05) is 0 Å². The Bertz CT molecular complexity index is 2780. The average Bonchev–Trinajstić information content (AvgIpc) is 4.05. The number of benzene rings is 2. The summed E-state index contributed by atoms with van der Waals surface area (Å²) < 4.78 is 11.8. The van der Waals surface area contributed by atoms with Gasteiger partial charge in [-0.2, -0.15) is 0 Å². The number of hydrogen-bond acceptors (Lipinski definition) is 14. The Morgan fingerprint density at radius 3 is 1.72 bits per heavy atom. The van der Waals surface area contributed by atoms with Crippen LogP contribution in [0.4, 0.5) is 23.0 Å². The molecule has 2 aromatic carbocycles. The van der Waals surface area contributed by atoms with Gasteiger partial charge in [0.2, 0.25) is 5.91 Å². The van der Waals surface area contributed by atoms with E-state index in [1.165, 1.54) is 21.6 Å². The fourth-order valence-corrected chi connectivity index (χ4v) is 11.4. The van der Waals surface area contributed by atoms with Crippen LogP contribution in [0.1, 0.15) is 76.2 Å². The predicted molar refractivity (Wildman–Crippen MR) is 239 cm³/mol. The van der Waals surface area contributed by atoms with Crippen LogP contribution in [0, 0.1) is 11.8 Å². The van der Waals surface area contributed by atoms with E-state index < -0.39 is 5.97 Å². The highest BCUT2D eigenvalue weighted by Crippen LogP contribution is 2.44. The third kappa shape index (κ3) is 7.45. The smallest absolute Gasteiger partial charge is 0.306 e. The number of carboxylic acid groups (broad SMARTS) is 1. The monoisotopic (exact) mass is 855 g/mol. The Hall–Kier alpha value is -6.00. The number of hydrogen-bond donors (Lipinski definition) is 3. The molecule has 2 aliphatic carbocycles. The number of ether oxygens (including phenoxy) is 2. The molecule has 11 rings (SSSR count). The number of aromatic nitrogens is 4. The van der Waals surface area contributed by atoms with Gasteiger partial charge in [0, 0.05) is 41.2 Å². The number of carbonyl (C=O) groups excluding carboxylic acids is 1. The zero-order valence-corrected chi connectivity index (χ0v) is 35.6. The second-order valence-corrected chi connectivity index (χ2v) is 18.0. The van der Waals surface area contributed by atoms with E-state index in [2.05, 4.69) is 52.7 Å². The molecule has 2 atom stereocenters. The molecular weight excluding hydrogens is 811 g/mol. The third-order valence-corrected chi connectivity index (χ3v) is 14.5. The third-order valence-electron chi connectivity index (χ3n) is 12.1. The predicted octanol–water partition coefficient (Wildman–Crippen LogP) is 8.06. The first kappa shape index (κ1) is 39.2. The Morgan fingerprint density at radius 2 is 1.25 bits per heavy atom. The molecule has 0 bridgehead atoms. The molecule has 4 aromatic heterocycles. The highest BCUT2D eigenvalue weighted by Gasteiger charge is 2.34. The van der Waals surface area contributed by atoms with Crippen molar-refractivity contribution in [1.29, 1.82) is 0 Å². The van der Waals surface area contributed by atoms with Gasteiger partial charge in [-0.05, 0) is 116 Å². The van der Waals surface area contributed by atoms with Crippen molar-refractivity contribution in [2.24, 2.45) is 21.8 Å². The molecule has 1 fully saturated rings. The number of amides is 1. The molecule has 5 aliphatic rings. The largest absolute Gasteiger partial charge is 0.492 e. The Balaban J connectivity index is 0.000000147. The second-order valence-electron chi connectivity index (χ2n) is 15.9. The average molecular weight is 856 g/mol. The van der Waals surface area contributed by atoms with Crippen LogP contribution in [0.3, 0.4) is 0 Å². The van der Waals surface area contributed by atoms with E-state index in [4.69, 9.17) is 9.47 Å². The van der Waals surface area contributed by atoms with Crippen molar-refractivity contribution >= 4 is 90.4 Å². The summed E-state index contributed by atoms with van der Waals surface area (Å²) in [4.78, 5) is 57.3. The van der Waals surface area contributed by atoms with Crippen LogP contribution in [0.2, 0.25) is 0 Å². The minimum Gasteiger partial charge on any atom is -0.492 e. The number of aliphatic carboxylic acids is 1. The molecule has 0 radical (unpaired) electrons. The maximum Gasteiger partial charge on any atom is 0.306 e. The molecule has 3 N–H and O–H groups in total. The molecule has 14 nitrogen and oxygen atoms in total. The molecule has 61 heavy (non-hydrogen) atoms. The van der Waals surface area contributed by atoms with Crippen LogP contribution < -0.4 is 20.1 Å². The van der Waals surface area contributed by atoms with E-state index in [0.717, 1.165) is 122 Å². The quantitative estimate of drug-likeness (QED) is 0.122. The molecule has 312 valence electrons. The highest BCUT2D eigenvalue weighted by atomic mass is 32.1. The van der Waals surface area contributed by atoms with Crippen molar-refractivity contribution in [3.05, 3.63) is 80.1 Å². The zero-order chi connectivity index (χ0) is 41.6. The van der Waals surface area contributed by atoms with E-state index in [9.17, 15) is 14.7 Å². The molecule has 7 heterocycles. The van der Waals surface area contributed by atoms with Crippen molar-refractivity contribution in [2.45, 2.75) is 71.9 Å². The number of fused-ring (bicyclic) bond motifs is 8. The minimum atomic E-state index is -0.723. The number of carbonyl (C=O) groups is 2. The van der Waals surface area contributed by atoms with Crippen LogP contribution in [-0.4, -0.2) is 80.6 Å². The summed E-state index contributed by atoms with van der Waals surface area (Å²) in [6, 6.07) is 8.24. The lowest BCUT2D eigenvalue weighted by atomic mass is 9.86. The Kier molecular flexibility index (Phi) is 10.6. The Labute approximate surface area is 360 Å². The van der Waals surface area contributed by atoms with Gasteiger partial charge in [0.05, 0.1) is 54.4 Å². The van der Waals surface area contributed by atoms with Crippen molar-refractivity contribution < 1.29 is 24.2 Å². The standard InChI is InChI=1S/C24H25N5O2S.C21H20N4O3S/c1-2-31-19-9-16-12-25-11-15(16)8-18(19)28-22-21-17-5-4-14(24(30)29-6-3-7-29)10-20(17)32-23(21)27-13-26-22;1-2-28-16-6-13-9-22-8-12(13)5-15(16)25-19-18-14-4-3-11(21(26)27)7-17(14)29-20(18)24-10-23-19/h8-9,11,13-14H,2-7,10,12H2,1H3,(H,26,27,28);5-6,8,10-11H,2-4,7,9H2,1H3,(H,26,27)(H,23,24,25). The molecule has 1 amide bonds. The SMILES string of the molecule is CCOc1cc2c(cc1Nc1ncnc3sc4c(c13)CCC(C(=O)N1CCC1)C4)C=NC2.CCOc1cc2c(cc1Nc1ncnc3sc4c(c13)CCC(C(=O)O)C4)C=NC2. The van der Waals surface area contributed by atoms with Crippen molar-refractivity contribution in [3.63, 3.8) is 0 Å². The van der Waals surface area contributed by atoms with Crippen molar-refractivity contribution in [1.82, 2.24) is 24.8 Å². The number of aliphatic imine (C=N–C) groups is 2. The molecule has 6 aromatic rings. The zero-order valence-electron chi connectivity index (χ0n) is 34.0. The van der Waals surface area contributed by atoms with Crippen LogP contribution in [0.15, 0.2) is 46.9 Å². The number of anilines is 4. The van der Waals surface area contributed by atoms with E-state index in [1.54, 1.807) is 35.3 Å². The summed E-state index contributed by atoms with van der Waals surface area (Å²) in [5, 5.41) is 18.4. The van der Waals surface area contributed by atoms with Crippen LogP contribution in [-0.2, 0) is 48.4 Å². The molecule has 1 saturated heterocycles. The first-order valence-corrected chi connectivity index (χ1v) is 22.6. The van der Waals surface area contributed by atoms with Crippen LogP contribution in [0.25, 0.3) is 20.4 Å². The lowest BCUT2D eigenvalue weighted by Crippen LogP contribution is -2.46. The van der Waals surface area contributed by atoms with Gasteiger partial charge in [-0.3, -0.25) is 19.6 Å². The van der Waals surface area contributed by atoms with E-state index >= 15 is 0 Å². The summed E-state index contributed by atoms with van der Waals surface area (Å²) in [6.45, 7) is 8.32. The number of rotatable bonds is 10. The first-order valence-electron chi connectivity index (χ1n) is 21.0. The van der Waals surface area contributed by atoms with Crippen molar-refractivity contribution in [2.75, 3.05) is 36.9 Å².